The topological polar surface area (TPSA) is 98.5 Å². The number of anilines is 1. The average molecular weight is 431 g/mol. The van der Waals surface area contributed by atoms with Crippen molar-refractivity contribution in [1.82, 2.24) is 9.29 Å². The van der Waals surface area contributed by atoms with E-state index in [-0.39, 0.29) is 19.1 Å². The lowest BCUT2D eigenvalue weighted by Gasteiger charge is -2.34. The molecule has 1 aromatic heterocycles. The molecule has 4 rings (SSSR count). The van der Waals surface area contributed by atoms with Gasteiger partial charge in [0.25, 0.3) is 0 Å². The van der Waals surface area contributed by atoms with Crippen LogP contribution in [0.15, 0.2) is 22.4 Å². The zero-order valence-electron chi connectivity index (χ0n) is 15.5. The second-order valence-corrected chi connectivity index (χ2v) is 9.43. The molecular weight excluding hydrogens is 411 g/mol. The molecule has 0 radical (unpaired) electrons. The first-order chi connectivity index (χ1) is 13.6. The van der Waals surface area contributed by atoms with Gasteiger partial charge in [-0.25, -0.2) is 18.4 Å². The first kappa shape index (κ1) is 20.2. The lowest BCUT2D eigenvalue weighted by Crippen LogP contribution is -2.48. The average Bonchev–Trinajstić information content (AvgIpc) is 3.34. The Balaban J connectivity index is 1.61. The molecule has 1 fully saturated rings. The summed E-state index contributed by atoms with van der Waals surface area (Å²) in [6.45, 7) is 1.75. The maximum atomic E-state index is 12.5. The Bertz CT molecular complexity index is 1070. The Morgan fingerprint density at radius 3 is 2.83 bits per heavy atom. The Labute approximate surface area is 165 Å². The molecule has 29 heavy (non-hydrogen) atoms. The van der Waals surface area contributed by atoms with Gasteiger partial charge in [0.15, 0.2) is 5.49 Å². The van der Waals surface area contributed by atoms with Crippen LogP contribution in [-0.4, -0.2) is 66.1 Å². The molecule has 0 aromatic carbocycles. The number of nitrogens with zero attached hydrogens (tertiary/aromatic N) is 5. The van der Waals surface area contributed by atoms with Crippen LogP contribution in [0.1, 0.15) is 25.3 Å². The number of alkyl halides is 3. The molecule has 0 amide bonds. The van der Waals surface area contributed by atoms with E-state index in [1.165, 1.54) is 0 Å². The molecule has 0 saturated carbocycles. The number of hydrogen-bond acceptors (Lipinski definition) is 7. The Morgan fingerprint density at radius 1 is 1.38 bits per heavy atom. The van der Waals surface area contributed by atoms with Crippen molar-refractivity contribution in [3.63, 3.8) is 0 Å². The minimum atomic E-state index is -4.53. The third-order valence-corrected chi connectivity index (χ3v) is 7.13. The highest BCUT2D eigenvalue weighted by Gasteiger charge is 2.42. The van der Waals surface area contributed by atoms with E-state index in [1.807, 2.05) is 4.90 Å². The SMILES string of the molecule is C[C@@H](O)C1N=c2cnc3c(c2N1[C@H]1CCN(S(=O)(=O)CCC(F)(F)F)C1)C=CN=3. The summed E-state index contributed by atoms with van der Waals surface area (Å²) in [5.41, 5.74) is 1.98. The number of aromatic nitrogens is 1. The molecule has 4 heterocycles. The van der Waals surface area contributed by atoms with Gasteiger partial charge in [0.2, 0.25) is 10.0 Å². The molecule has 158 valence electrons. The number of fused-ring (bicyclic) bond motifs is 3. The molecule has 12 heteroatoms. The van der Waals surface area contributed by atoms with Gasteiger partial charge in [-0.15, -0.1) is 0 Å². The van der Waals surface area contributed by atoms with Gasteiger partial charge in [0.05, 0.1) is 30.2 Å². The number of aliphatic hydroxyl groups excluding tert-OH is 1. The van der Waals surface area contributed by atoms with E-state index in [9.17, 15) is 26.7 Å². The molecule has 1 saturated heterocycles. The molecular formula is C17H20F3N5O3S. The van der Waals surface area contributed by atoms with Gasteiger partial charge in [0.1, 0.15) is 11.5 Å². The van der Waals surface area contributed by atoms with Gasteiger partial charge in [-0.3, -0.25) is 4.99 Å². The number of pyridine rings is 1. The molecule has 0 bridgehead atoms. The maximum absolute atomic E-state index is 12.5. The van der Waals surface area contributed by atoms with E-state index in [2.05, 4.69) is 15.0 Å². The summed E-state index contributed by atoms with van der Waals surface area (Å²) in [6, 6.07) is -0.333. The van der Waals surface area contributed by atoms with Crippen LogP contribution >= 0.6 is 0 Å². The fourth-order valence-electron chi connectivity index (χ4n) is 3.94. The number of sulfonamides is 1. The highest BCUT2D eigenvalue weighted by Crippen LogP contribution is 2.32. The van der Waals surface area contributed by atoms with Crippen LogP contribution < -0.4 is 15.7 Å². The molecule has 1 aromatic rings. The van der Waals surface area contributed by atoms with E-state index >= 15 is 0 Å². The summed E-state index contributed by atoms with van der Waals surface area (Å²) in [6.07, 6.45) is -2.00. The minimum Gasteiger partial charge on any atom is -0.389 e. The van der Waals surface area contributed by atoms with Crippen molar-refractivity contribution in [1.29, 1.82) is 0 Å². The van der Waals surface area contributed by atoms with E-state index in [1.54, 1.807) is 25.4 Å². The number of hydrogen-bond donors (Lipinski definition) is 1. The first-order valence-corrected chi connectivity index (χ1v) is 10.8. The van der Waals surface area contributed by atoms with E-state index in [0.29, 0.717) is 17.3 Å². The molecule has 1 unspecified atom stereocenters. The van der Waals surface area contributed by atoms with Gasteiger partial charge < -0.3 is 10.0 Å². The van der Waals surface area contributed by atoms with Crippen molar-refractivity contribution in [2.75, 3.05) is 23.7 Å². The Morgan fingerprint density at radius 2 is 2.14 bits per heavy atom. The summed E-state index contributed by atoms with van der Waals surface area (Å²) in [5, 5.41) is 10.8. The van der Waals surface area contributed by atoms with Crippen LogP contribution in [0.4, 0.5) is 18.9 Å². The van der Waals surface area contributed by atoms with Gasteiger partial charge in [-0.2, -0.15) is 17.5 Å². The molecule has 3 aliphatic rings. The number of rotatable bonds is 5. The van der Waals surface area contributed by atoms with Crippen LogP contribution in [0.25, 0.3) is 6.08 Å². The lowest BCUT2D eigenvalue weighted by molar-refractivity contribution is -0.130. The third-order valence-electron chi connectivity index (χ3n) is 5.29. The normalized spacial score (nSPS) is 24.9. The zero-order chi connectivity index (χ0) is 21.0. The fourth-order valence-corrected chi connectivity index (χ4v) is 5.47. The van der Waals surface area contributed by atoms with Crippen LogP contribution in [0, 0.1) is 0 Å². The highest BCUT2D eigenvalue weighted by atomic mass is 32.2. The smallest absolute Gasteiger partial charge is 0.389 e. The molecule has 1 N–H and O–H groups in total. The second kappa shape index (κ2) is 7.03. The Hall–Kier alpha value is -2.05. The molecule has 0 aliphatic carbocycles. The standard InChI is InChI=1S/C17H20F3N5O3S/c1-10(26)16-23-13-8-22-15-12(2-5-21-15)14(13)25(16)11-3-6-24(9-11)29(27,28)7-4-17(18,19)20/h2,5,8,10-11,16,26H,3-4,6-7,9H2,1H3/t10-,11+,16?/m1/s1. The zero-order valence-corrected chi connectivity index (χ0v) is 16.4. The molecule has 8 nitrogen and oxygen atoms in total. The van der Waals surface area contributed by atoms with Gasteiger partial charge >= 0.3 is 6.18 Å². The first-order valence-electron chi connectivity index (χ1n) is 9.19. The predicted molar refractivity (Wildman–Crippen MR) is 98.0 cm³/mol. The highest BCUT2D eigenvalue weighted by molar-refractivity contribution is 7.89. The van der Waals surface area contributed by atoms with Crippen molar-refractivity contribution in [2.45, 2.75) is 44.3 Å². The summed E-state index contributed by atoms with van der Waals surface area (Å²) in [4.78, 5) is 14.8. The molecule has 0 spiro atoms. The van der Waals surface area contributed by atoms with E-state index in [0.717, 1.165) is 15.6 Å². The van der Waals surface area contributed by atoms with Crippen molar-refractivity contribution in [3.8, 4) is 0 Å². The Kier molecular flexibility index (Phi) is 4.90. The van der Waals surface area contributed by atoms with Crippen LogP contribution in [0.3, 0.4) is 0 Å². The van der Waals surface area contributed by atoms with Crippen molar-refractivity contribution in [3.05, 3.63) is 28.8 Å². The van der Waals surface area contributed by atoms with Crippen LogP contribution in [0.5, 0.6) is 0 Å². The monoisotopic (exact) mass is 431 g/mol. The van der Waals surface area contributed by atoms with Crippen molar-refractivity contribution >= 4 is 21.8 Å². The summed E-state index contributed by atoms with van der Waals surface area (Å²) >= 11 is 0. The van der Waals surface area contributed by atoms with Gasteiger partial charge in [-0.05, 0) is 19.4 Å². The third kappa shape index (κ3) is 3.76. The summed E-state index contributed by atoms with van der Waals surface area (Å²) < 4.78 is 63.3. The van der Waals surface area contributed by atoms with Crippen LogP contribution in [0.2, 0.25) is 0 Å². The molecule has 3 atom stereocenters. The summed E-state index contributed by atoms with van der Waals surface area (Å²) in [5.74, 6) is -0.967. The minimum absolute atomic E-state index is 0.0380. The predicted octanol–water partition coefficient (Wildman–Crippen LogP) is 0.188. The number of halogens is 3. The fraction of sp³-hybridized carbons (Fsp3) is 0.588. The molecule has 3 aliphatic heterocycles. The van der Waals surface area contributed by atoms with Gasteiger partial charge in [-0.1, -0.05) is 0 Å². The lowest BCUT2D eigenvalue weighted by atomic mass is 10.1. The maximum Gasteiger partial charge on any atom is 0.390 e. The van der Waals surface area contributed by atoms with E-state index in [4.69, 9.17) is 0 Å². The number of aliphatic hydroxyl groups is 1. The van der Waals surface area contributed by atoms with Crippen LogP contribution in [-0.2, 0) is 10.0 Å². The quantitative estimate of drug-likeness (QED) is 0.718. The van der Waals surface area contributed by atoms with Crippen molar-refractivity contribution in [2.24, 2.45) is 9.98 Å². The van der Waals surface area contributed by atoms with Gasteiger partial charge in [0, 0.05) is 30.9 Å². The summed E-state index contributed by atoms with van der Waals surface area (Å²) in [7, 11) is -4.03. The largest absolute Gasteiger partial charge is 0.390 e. The van der Waals surface area contributed by atoms with Crippen molar-refractivity contribution < 1.29 is 26.7 Å². The second-order valence-electron chi connectivity index (χ2n) is 7.35. The van der Waals surface area contributed by atoms with E-state index < -0.39 is 40.6 Å².